The molecule has 0 saturated carbocycles. The van der Waals surface area contributed by atoms with Crippen molar-refractivity contribution in [2.24, 2.45) is 0 Å². The molecule has 3 nitrogen and oxygen atoms in total. The molecule has 2 rings (SSSR count). The van der Waals surface area contributed by atoms with E-state index in [1.807, 2.05) is 21.7 Å². The number of carbonyl (C=O) groups is 1. The van der Waals surface area contributed by atoms with Gasteiger partial charge in [0.1, 0.15) is 0 Å². The Morgan fingerprint density at radius 3 is 2.69 bits per heavy atom. The van der Waals surface area contributed by atoms with Crippen LogP contribution in [0.1, 0.15) is 10.4 Å². The summed E-state index contributed by atoms with van der Waals surface area (Å²) < 4.78 is 0. The zero-order chi connectivity index (χ0) is 11.4. The molecule has 1 aromatic heterocycles. The maximum atomic E-state index is 12.0. The van der Waals surface area contributed by atoms with E-state index >= 15 is 0 Å². The van der Waals surface area contributed by atoms with Crippen molar-refractivity contribution in [1.82, 2.24) is 9.80 Å². The highest BCUT2D eigenvalue weighted by Crippen LogP contribution is 2.11. The predicted octanol–water partition coefficient (Wildman–Crippen LogP) is 1.74. The van der Waals surface area contributed by atoms with Crippen molar-refractivity contribution in [3.63, 3.8) is 0 Å². The Kier molecular flexibility index (Phi) is 4.21. The van der Waals surface area contributed by atoms with E-state index < -0.39 is 0 Å². The minimum Gasteiger partial charge on any atom is -0.336 e. The summed E-state index contributed by atoms with van der Waals surface area (Å²) in [6, 6.07) is 1.89. The quantitative estimate of drug-likeness (QED) is 0.772. The lowest BCUT2D eigenvalue weighted by atomic mass is 10.2. The van der Waals surface area contributed by atoms with E-state index in [0.29, 0.717) is 5.88 Å². The average Bonchev–Trinajstić information content (AvgIpc) is 2.83. The Morgan fingerprint density at radius 1 is 1.38 bits per heavy atom. The number of halogens is 1. The van der Waals surface area contributed by atoms with E-state index in [9.17, 15) is 4.79 Å². The summed E-state index contributed by atoms with van der Waals surface area (Å²) in [7, 11) is 0. The van der Waals surface area contributed by atoms with E-state index in [4.69, 9.17) is 11.6 Å². The fourth-order valence-corrected chi connectivity index (χ4v) is 2.73. The van der Waals surface area contributed by atoms with Crippen LogP contribution in [-0.2, 0) is 0 Å². The van der Waals surface area contributed by atoms with Gasteiger partial charge in [-0.25, -0.2) is 0 Å². The molecule has 0 radical (unpaired) electrons. The summed E-state index contributed by atoms with van der Waals surface area (Å²) >= 11 is 7.26. The van der Waals surface area contributed by atoms with Crippen molar-refractivity contribution >= 4 is 28.8 Å². The molecule has 16 heavy (non-hydrogen) atoms. The fourth-order valence-electron chi connectivity index (χ4n) is 1.86. The molecule has 1 aliphatic rings. The third-order valence-electron chi connectivity index (χ3n) is 2.83. The molecule has 1 amide bonds. The first-order valence-corrected chi connectivity index (χ1v) is 6.89. The fraction of sp³-hybridized carbons (Fsp3) is 0.545. The van der Waals surface area contributed by atoms with Crippen LogP contribution in [0.4, 0.5) is 0 Å². The van der Waals surface area contributed by atoms with Crippen LogP contribution in [0.5, 0.6) is 0 Å². The third-order valence-corrected chi connectivity index (χ3v) is 3.68. The van der Waals surface area contributed by atoms with Gasteiger partial charge in [0.25, 0.3) is 5.91 Å². The standard InChI is InChI=1S/C11H15ClN2OS/c12-2-3-13-4-6-14(7-5-13)11(15)10-1-8-16-9-10/h1,8-9H,2-7H2. The zero-order valence-corrected chi connectivity index (χ0v) is 10.6. The van der Waals surface area contributed by atoms with Gasteiger partial charge < -0.3 is 4.90 Å². The summed E-state index contributed by atoms with van der Waals surface area (Å²) in [5, 5.41) is 3.85. The monoisotopic (exact) mass is 258 g/mol. The molecular weight excluding hydrogens is 244 g/mol. The van der Waals surface area contributed by atoms with Gasteiger partial charge >= 0.3 is 0 Å². The zero-order valence-electron chi connectivity index (χ0n) is 9.06. The highest BCUT2D eigenvalue weighted by molar-refractivity contribution is 7.08. The lowest BCUT2D eigenvalue weighted by Crippen LogP contribution is -2.49. The topological polar surface area (TPSA) is 23.6 Å². The molecule has 0 unspecified atom stereocenters. The van der Waals surface area contributed by atoms with E-state index in [1.165, 1.54) is 0 Å². The highest BCUT2D eigenvalue weighted by atomic mass is 35.5. The van der Waals surface area contributed by atoms with Gasteiger partial charge in [0.2, 0.25) is 0 Å². The number of rotatable bonds is 3. The first kappa shape index (κ1) is 11.9. The van der Waals surface area contributed by atoms with Crippen LogP contribution in [0.2, 0.25) is 0 Å². The lowest BCUT2D eigenvalue weighted by Gasteiger charge is -2.34. The Bertz CT molecular complexity index is 334. The molecule has 0 atom stereocenters. The van der Waals surface area contributed by atoms with Crippen molar-refractivity contribution in [2.45, 2.75) is 0 Å². The number of thiophene rings is 1. The summed E-state index contributed by atoms with van der Waals surface area (Å²) in [6.45, 7) is 4.41. The van der Waals surface area contributed by atoms with E-state index in [1.54, 1.807) is 11.3 Å². The molecule has 2 heterocycles. The van der Waals surface area contributed by atoms with Gasteiger partial charge in [0.15, 0.2) is 0 Å². The van der Waals surface area contributed by atoms with E-state index in [2.05, 4.69) is 4.90 Å². The molecule has 5 heteroatoms. The molecule has 0 aliphatic carbocycles. The molecule has 0 bridgehead atoms. The number of hydrogen-bond donors (Lipinski definition) is 0. The van der Waals surface area contributed by atoms with E-state index in [0.717, 1.165) is 38.3 Å². The Morgan fingerprint density at radius 2 is 2.12 bits per heavy atom. The molecule has 0 N–H and O–H groups in total. The SMILES string of the molecule is O=C(c1ccsc1)N1CCN(CCCl)CC1. The van der Waals surface area contributed by atoms with Crippen molar-refractivity contribution in [3.8, 4) is 0 Å². The van der Waals surface area contributed by atoms with Crippen molar-refractivity contribution < 1.29 is 4.79 Å². The van der Waals surface area contributed by atoms with Crippen LogP contribution in [-0.4, -0.2) is 54.3 Å². The van der Waals surface area contributed by atoms with Gasteiger partial charge in [-0.3, -0.25) is 9.69 Å². The van der Waals surface area contributed by atoms with Gasteiger partial charge in [-0.05, 0) is 11.4 Å². The molecule has 1 saturated heterocycles. The molecular formula is C11H15ClN2OS. The number of piperazine rings is 1. The van der Waals surface area contributed by atoms with Gasteiger partial charge in [0, 0.05) is 44.0 Å². The number of hydrogen-bond acceptors (Lipinski definition) is 3. The van der Waals surface area contributed by atoms with E-state index in [-0.39, 0.29) is 5.91 Å². The molecule has 1 aliphatic heterocycles. The lowest BCUT2D eigenvalue weighted by molar-refractivity contribution is 0.0645. The Labute approximate surface area is 105 Å². The van der Waals surface area contributed by atoms with Crippen LogP contribution < -0.4 is 0 Å². The number of amides is 1. The third kappa shape index (κ3) is 2.75. The molecule has 1 aromatic rings. The van der Waals surface area contributed by atoms with Crippen LogP contribution >= 0.6 is 22.9 Å². The second-order valence-electron chi connectivity index (χ2n) is 3.83. The first-order valence-electron chi connectivity index (χ1n) is 5.41. The van der Waals surface area contributed by atoms with Crippen molar-refractivity contribution in [3.05, 3.63) is 22.4 Å². The number of nitrogens with zero attached hydrogens (tertiary/aromatic N) is 2. The highest BCUT2D eigenvalue weighted by Gasteiger charge is 2.21. The van der Waals surface area contributed by atoms with Crippen molar-refractivity contribution in [2.75, 3.05) is 38.6 Å². The summed E-state index contributed by atoms with van der Waals surface area (Å²) in [5.41, 5.74) is 0.816. The first-order chi connectivity index (χ1) is 7.81. The Balaban J connectivity index is 1.87. The van der Waals surface area contributed by atoms with Crippen LogP contribution in [0.3, 0.4) is 0 Å². The molecule has 0 spiro atoms. The summed E-state index contributed by atoms with van der Waals surface area (Å²) in [4.78, 5) is 16.2. The maximum absolute atomic E-state index is 12.0. The normalized spacial score (nSPS) is 17.7. The van der Waals surface area contributed by atoms with Crippen LogP contribution in [0.25, 0.3) is 0 Å². The van der Waals surface area contributed by atoms with Gasteiger partial charge in [0.05, 0.1) is 5.56 Å². The smallest absolute Gasteiger partial charge is 0.254 e. The number of alkyl halides is 1. The van der Waals surface area contributed by atoms with Crippen LogP contribution in [0, 0.1) is 0 Å². The number of carbonyl (C=O) groups excluding carboxylic acids is 1. The average molecular weight is 259 g/mol. The predicted molar refractivity (Wildman–Crippen MR) is 67.4 cm³/mol. The molecule has 0 aromatic carbocycles. The molecule has 88 valence electrons. The second-order valence-corrected chi connectivity index (χ2v) is 4.99. The molecule has 1 fully saturated rings. The Hall–Kier alpha value is -0.580. The van der Waals surface area contributed by atoms with Gasteiger partial charge in [-0.1, -0.05) is 0 Å². The minimum absolute atomic E-state index is 0.159. The van der Waals surface area contributed by atoms with Crippen molar-refractivity contribution in [1.29, 1.82) is 0 Å². The minimum atomic E-state index is 0.159. The summed E-state index contributed by atoms with van der Waals surface area (Å²) in [5.74, 6) is 0.824. The van der Waals surface area contributed by atoms with Gasteiger partial charge in [-0.15, -0.1) is 11.6 Å². The second kappa shape index (κ2) is 5.66. The largest absolute Gasteiger partial charge is 0.336 e. The summed E-state index contributed by atoms with van der Waals surface area (Å²) in [6.07, 6.45) is 0. The maximum Gasteiger partial charge on any atom is 0.254 e. The van der Waals surface area contributed by atoms with Gasteiger partial charge in [-0.2, -0.15) is 11.3 Å². The van der Waals surface area contributed by atoms with Crippen LogP contribution in [0.15, 0.2) is 16.8 Å².